The fourth-order valence-electron chi connectivity index (χ4n) is 3.04. The van der Waals surface area contributed by atoms with Crippen molar-refractivity contribution in [1.82, 2.24) is 24.9 Å². The number of hydrogen-bond acceptors (Lipinski definition) is 7. The van der Waals surface area contributed by atoms with Crippen LogP contribution in [0.1, 0.15) is 18.9 Å². The lowest BCUT2D eigenvalue weighted by Crippen LogP contribution is -2.49. The summed E-state index contributed by atoms with van der Waals surface area (Å²) in [5, 5.41) is 12.3. The first-order valence-electron chi connectivity index (χ1n) is 9.77. The fourth-order valence-corrected chi connectivity index (χ4v) is 4.24. The molecule has 2 aromatic rings. The van der Waals surface area contributed by atoms with Crippen LogP contribution in [-0.4, -0.2) is 64.8 Å². The summed E-state index contributed by atoms with van der Waals surface area (Å²) in [7, 11) is 0. The van der Waals surface area contributed by atoms with Gasteiger partial charge in [0.15, 0.2) is 3.95 Å². The number of rotatable bonds is 8. The van der Waals surface area contributed by atoms with E-state index >= 15 is 0 Å². The number of hydrogen-bond donors (Lipinski definition) is 2. The Balaban J connectivity index is 1.51. The van der Waals surface area contributed by atoms with Crippen molar-refractivity contribution in [2.24, 2.45) is 0 Å². The molecule has 1 fully saturated rings. The van der Waals surface area contributed by atoms with Gasteiger partial charge in [-0.25, -0.2) is 4.68 Å². The lowest BCUT2D eigenvalue weighted by Gasteiger charge is -2.33. The maximum atomic E-state index is 11.9. The van der Waals surface area contributed by atoms with Gasteiger partial charge in [-0.3, -0.25) is 14.6 Å². The van der Waals surface area contributed by atoms with Gasteiger partial charge >= 0.3 is 0 Å². The van der Waals surface area contributed by atoms with E-state index in [1.807, 2.05) is 29.8 Å². The van der Waals surface area contributed by atoms with E-state index in [1.54, 1.807) is 0 Å². The van der Waals surface area contributed by atoms with Gasteiger partial charge < -0.3 is 10.6 Å². The number of piperazine rings is 1. The molecule has 1 saturated heterocycles. The molecule has 158 valence electrons. The monoisotopic (exact) mass is 454 g/mol. The number of carbonyl (C=O) groups is 1. The molecule has 10 heteroatoms. The minimum Gasteiger partial charge on any atom is -0.355 e. The van der Waals surface area contributed by atoms with E-state index in [4.69, 9.17) is 23.8 Å². The van der Waals surface area contributed by atoms with Crippen LogP contribution in [0, 0.1) is 10.9 Å². The third kappa shape index (κ3) is 6.48. The minimum atomic E-state index is 0.106. The molecule has 0 bridgehead atoms. The molecular formula is C19H27ClN6OS2. The largest absolute Gasteiger partial charge is 0.355 e. The van der Waals surface area contributed by atoms with E-state index < -0.39 is 0 Å². The van der Waals surface area contributed by atoms with Crippen LogP contribution < -0.4 is 10.6 Å². The Morgan fingerprint density at radius 1 is 1.28 bits per heavy atom. The molecule has 1 aromatic heterocycles. The predicted molar refractivity (Wildman–Crippen MR) is 122 cm³/mol. The van der Waals surface area contributed by atoms with Crippen molar-refractivity contribution < 1.29 is 4.79 Å². The number of carbonyl (C=O) groups excluding carboxylic acids is 1. The molecule has 1 aliphatic heterocycles. The highest BCUT2D eigenvalue weighted by Crippen LogP contribution is 2.25. The summed E-state index contributed by atoms with van der Waals surface area (Å²) in [4.78, 5) is 16.4. The molecule has 29 heavy (non-hydrogen) atoms. The normalized spacial score (nSPS) is 15.4. The summed E-state index contributed by atoms with van der Waals surface area (Å²) >= 11 is 13.1. The topological polar surface area (TPSA) is 65.4 Å². The van der Waals surface area contributed by atoms with Gasteiger partial charge in [0.2, 0.25) is 11.0 Å². The van der Waals surface area contributed by atoms with Crippen molar-refractivity contribution in [3.63, 3.8) is 0 Å². The fraction of sp³-hybridized carbons (Fsp3) is 0.526. The van der Waals surface area contributed by atoms with Crippen LogP contribution in [0.4, 0.5) is 10.8 Å². The number of nitrogens with zero attached hydrogens (tertiary/aromatic N) is 4. The second-order valence-electron chi connectivity index (χ2n) is 7.15. The molecule has 2 N–H and O–H groups in total. The van der Waals surface area contributed by atoms with Gasteiger partial charge in [0, 0.05) is 43.4 Å². The van der Waals surface area contributed by atoms with Gasteiger partial charge in [0.1, 0.15) is 0 Å². The zero-order valence-electron chi connectivity index (χ0n) is 16.8. The van der Waals surface area contributed by atoms with Crippen LogP contribution in [0.25, 0.3) is 0 Å². The summed E-state index contributed by atoms with van der Waals surface area (Å²) in [6, 6.07) is 5.84. The number of amides is 1. The van der Waals surface area contributed by atoms with Gasteiger partial charge in [-0.05, 0) is 43.3 Å². The standard InChI is InChI=1S/C19H27ClN6OS2/c1-3-6-21-17(27)12-24-7-9-25(10-8-24)13-26-19(28)29-18(23-26)22-15-5-4-14(2)16(20)11-15/h4-5,11H,3,6-10,12-13H2,1-2H3,(H,21,27)(H,22,23). The molecule has 1 aromatic carbocycles. The second kappa shape index (κ2) is 10.5. The van der Waals surface area contributed by atoms with Gasteiger partial charge in [-0.15, -0.1) is 5.10 Å². The molecule has 7 nitrogen and oxygen atoms in total. The quantitative estimate of drug-likeness (QED) is 0.595. The van der Waals surface area contributed by atoms with Gasteiger partial charge in [0.05, 0.1) is 13.2 Å². The lowest BCUT2D eigenvalue weighted by molar-refractivity contribution is -0.122. The zero-order chi connectivity index (χ0) is 20.8. The molecule has 2 heterocycles. The smallest absolute Gasteiger partial charge is 0.234 e. The highest BCUT2D eigenvalue weighted by atomic mass is 35.5. The molecular weight excluding hydrogens is 428 g/mol. The van der Waals surface area contributed by atoms with Crippen LogP contribution in [0.15, 0.2) is 18.2 Å². The van der Waals surface area contributed by atoms with Crippen molar-refractivity contribution >= 4 is 51.9 Å². The van der Waals surface area contributed by atoms with E-state index in [-0.39, 0.29) is 5.91 Å². The van der Waals surface area contributed by atoms with Crippen molar-refractivity contribution in [2.45, 2.75) is 26.9 Å². The highest BCUT2D eigenvalue weighted by Gasteiger charge is 2.19. The van der Waals surface area contributed by atoms with E-state index in [2.05, 4.69) is 32.5 Å². The summed E-state index contributed by atoms with van der Waals surface area (Å²) in [5.41, 5.74) is 1.93. The van der Waals surface area contributed by atoms with Crippen LogP contribution in [0.2, 0.25) is 5.02 Å². The average Bonchev–Trinajstić information content (AvgIpc) is 3.03. The van der Waals surface area contributed by atoms with E-state index in [0.717, 1.165) is 64.5 Å². The number of benzene rings is 1. The highest BCUT2D eigenvalue weighted by molar-refractivity contribution is 7.73. The van der Waals surface area contributed by atoms with Crippen molar-refractivity contribution in [2.75, 3.05) is 44.6 Å². The molecule has 0 radical (unpaired) electrons. The molecule has 0 unspecified atom stereocenters. The number of aromatic nitrogens is 2. The van der Waals surface area contributed by atoms with Crippen LogP contribution in [0.3, 0.4) is 0 Å². The van der Waals surface area contributed by atoms with Crippen molar-refractivity contribution in [1.29, 1.82) is 0 Å². The van der Waals surface area contributed by atoms with E-state index in [1.165, 1.54) is 11.3 Å². The molecule has 0 spiro atoms. The zero-order valence-corrected chi connectivity index (χ0v) is 19.2. The van der Waals surface area contributed by atoms with Crippen LogP contribution in [-0.2, 0) is 11.5 Å². The third-order valence-electron chi connectivity index (χ3n) is 4.77. The predicted octanol–water partition coefficient (Wildman–Crippen LogP) is 3.48. The number of aryl methyl sites for hydroxylation is 1. The van der Waals surface area contributed by atoms with Gasteiger partial charge in [-0.1, -0.05) is 35.9 Å². The minimum absolute atomic E-state index is 0.106. The molecule has 3 rings (SSSR count). The number of nitrogens with one attached hydrogen (secondary N) is 2. The third-order valence-corrected chi connectivity index (χ3v) is 6.40. The van der Waals surface area contributed by atoms with Crippen molar-refractivity contribution in [3.8, 4) is 0 Å². The Kier molecular flexibility index (Phi) is 8.02. The van der Waals surface area contributed by atoms with E-state index in [9.17, 15) is 4.79 Å². The Labute approximate surface area is 185 Å². The van der Waals surface area contributed by atoms with Crippen LogP contribution >= 0.6 is 35.2 Å². The van der Waals surface area contributed by atoms with E-state index in [0.29, 0.717) is 13.2 Å². The first kappa shape index (κ1) is 22.2. The Hall–Kier alpha value is -1.52. The van der Waals surface area contributed by atoms with Gasteiger partial charge in [0.25, 0.3) is 0 Å². The number of anilines is 2. The summed E-state index contributed by atoms with van der Waals surface area (Å²) < 4.78 is 2.58. The second-order valence-corrected chi connectivity index (χ2v) is 9.18. The molecule has 1 amide bonds. The van der Waals surface area contributed by atoms with Crippen LogP contribution in [0.5, 0.6) is 0 Å². The van der Waals surface area contributed by atoms with Gasteiger partial charge in [-0.2, -0.15) is 0 Å². The molecule has 0 saturated carbocycles. The Bertz CT molecular complexity index is 891. The SMILES string of the molecule is CCCNC(=O)CN1CCN(Cn2nc(Nc3ccc(C)c(Cl)c3)sc2=S)CC1. The summed E-state index contributed by atoms with van der Waals surface area (Å²) in [6.07, 6.45) is 0.960. The molecule has 0 aliphatic carbocycles. The average molecular weight is 455 g/mol. The van der Waals surface area contributed by atoms with Crippen molar-refractivity contribution in [3.05, 3.63) is 32.7 Å². The molecule has 0 atom stereocenters. The first-order chi connectivity index (χ1) is 13.9. The lowest BCUT2D eigenvalue weighted by atomic mass is 10.2. The number of halogens is 1. The Morgan fingerprint density at radius 3 is 2.69 bits per heavy atom. The maximum absolute atomic E-state index is 11.9. The first-order valence-corrected chi connectivity index (χ1v) is 11.4. The summed E-state index contributed by atoms with van der Waals surface area (Å²) in [5.74, 6) is 0.106. The molecule has 1 aliphatic rings. The summed E-state index contributed by atoms with van der Waals surface area (Å²) in [6.45, 7) is 9.40. The maximum Gasteiger partial charge on any atom is 0.234 e. The Morgan fingerprint density at radius 2 is 2.00 bits per heavy atom.